The van der Waals surface area contributed by atoms with Crippen molar-refractivity contribution in [2.24, 2.45) is 12.5 Å². The number of carbonyl (C=O) groups is 2. The minimum Gasteiger partial charge on any atom is -0.481 e. The molecule has 0 aromatic carbocycles. The fraction of sp³-hybridized carbons (Fsp3) is 0.615. The molecule has 1 aromatic heterocycles. The van der Waals surface area contributed by atoms with Gasteiger partial charge in [-0.25, -0.2) is 0 Å². The Hall–Kier alpha value is -2.45. The van der Waals surface area contributed by atoms with Gasteiger partial charge >= 0.3 is 11.7 Å². The molecule has 1 heterocycles. The predicted octanol–water partition coefficient (Wildman–Crippen LogP) is 1.09. The molecule has 22 heavy (non-hydrogen) atoms. The summed E-state index contributed by atoms with van der Waals surface area (Å²) in [6.45, 7) is -0.0467. The monoisotopic (exact) mass is 310 g/mol. The van der Waals surface area contributed by atoms with Gasteiger partial charge in [-0.05, 0) is 12.8 Å². The maximum atomic E-state index is 12.1. The second-order valence-electron chi connectivity index (χ2n) is 5.62. The number of rotatable bonds is 5. The second-order valence-corrected chi connectivity index (χ2v) is 5.62. The van der Waals surface area contributed by atoms with Gasteiger partial charge in [-0.15, -0.1) is 0 Å². The Morgan fingerprint density at radius 3 is 2.64 bits per heavy atom. The number of nitrogens with one attached hydrogen (secondary N) is 1. The van der Waals surface area contributed by atoms with Crippen LogP contribution in [0.25, 0.3) is 0 Å². The topological polar surface area (TPSA) is 127 Å². The molecule has 0 atom stereocenters. The fourth-order valence-corrected chi connectivity index (χ4v) is 2.80. The minimum atomic E-state index is -0.989. The molecular formula is C13H18N4O5. The van der Waals surface area contributed by atoms with Crippen molar-refractivity contribution in [2.45, 2.75) is 32.1 Å². The third-order valence-electron chi connectivity index (χ3n) is 4.07. The average molecular weight is 310 g/mol. The van der Waals surface area contributed by atoms with Crippen LogP contribution >= 0.6 is 0 Å². The summed E-state index contributed by atoms with van der Waals surface area (Å²) in [5.41, 5.74) is -1.69. The van der Waals surface area contributed by atoms with Crippen LogP contribution in [0, 0.1) is 15.5 Å². The van der Waals surface area contributed by atoms with E-state index in [1.165, 1.54) is 11.7 Å². The van der Waals surface area contributed by atoms with E-state index in [0.717, 1.165) is 25.5 Å². The lowest BCUT2D eigenvalue weighted by Gasteiger charge is -2.33. The number of amides is 1. The quantitative estimate of drug-likeness (QED) is 0.619. The van der Waals surface area contributed by atoms with Crippen molar-refractivity contribution < 1.29 is 19.6 Å². The zero-order chi connectivity index (χ0) is 16.3. The smallest absolute Gasteiger partial charge is 0.320 e. The number of aromatic nitrogens is 2. The summed E-state index contributed by atoms with van der Waals surface area (Å²) in [5.74, 6) is -1.67. The van der Waals surface area contributed by atoms with Crippen LogP contribution in [0.4, 0.5) is 5.69 Å². The highest BCUT2D eigenvalue weighted by molar-refractivity contribution is 5.96. The normalized spacial score (nSPS) is 17.0. The molecule has 2 rings (SSSR count). The Balaban J connectivity index is 2.12. The van der Waals surface area contributed by atoms with E-state index in [9.17, 15) is 24.8 Å². The molecule has 9 nitrogen and oxygen atoms in total. The van der Waals surface area contributed by atoms with Gasteiger partial charge in [-0.1, -0.05) is 19.3 Å². The Morgan fingerprint density at radius 1 is 1.45 bits per heavy atom. The molecule has 2 N–H and O–H groups in total. The summed E-state index contributed by atoms with van der Waals surface area (Å²) in [7, 11) is 1.48. The molecular weight excluding hydrogens is 292 g/mol. The molecule has 0 radical (unpaired) electrons. The Kier molecular flexibility index (Phi) is 4.43. The number of carbonyl (C=O) groups excluding carboxylic acids is 1. The molecule has 0 spiro atoms. The number of hydrogen-bond acceptors (Lipinski definition) is 5. The first-order valence-corrected chi connectivity index (χ1v) is 7.05. The van der Waals surface area contributed by atoms with E-state index in [1.54, 1.807) is 0 Å². The number of nitro groups is 1. The van der Waals surface area contributed by atoms with Crippen molar-refractivity contribution in [1.82, 2.24) is 15.1 Å². The van der Waals surface area contributed by atoms with Crippen LogP contribution in [-0.2, 0) is 11.8 Å². The van der Waals surface area contributed by atoms with E-state index in [2.05, 4.69) is 10.4 Å². The molecule has 1 aliphatic carbocycles. The number of hydrogen-bond donors (Lipinski definition) is 2. The van der Waals surface area contributed by atoms with E-state index in [4.69, 9.17) is 0 Å². The molecule has 1 saturated carbocycles. The molecule has 0 unspecified atom stereocenters. The Morgan fingerprint density at radius 2 is 2.09 bits per heavy atom. The number of aryl methyl sites for hydroxylation is 1. The first kappa shape index (κ1) is 15.9. The summed E-state index contributed by atoms with van der Waals surface area (Å²) in [5, 5.41) is 26.6. The van der Waals surface area contributed by atoms with Gasteiger partial charge in [0.1, 0.15) is 6.20 Å². The van der Waals surface area contributed by atoms with E-state index >= 15 is 0 Å². The molecule has 1 amide bonds. The van der Waals surface area contributed by atoms with E-state index < -0.39 is 27.9 Å². The van der Waals surface area contributed by atoms with E-state index in [0.29, 0.717) is 12.8 Å². The van der Waals surface area contributed by atoms with Gasteiger partial charge in [0.05, 0.1) is 10.3 Å². The third kappa shape index (κ3) is 3.07. The van der Waals surface area contributed by atoms with Crippen LogP contribution in [0.2, 0.25) is 0 Å². The maximum absolute atomic E-state index is 12.1. The fourth-order valence-electron chi connectivity index (χ4n) is 2.80. The van der Waals surface area contributed by atoms with Gasteiger partial charge in [-0.3, -0.25) is 24.4 Å². The first-order valence-electron chi connectivity index (χ1n) is 7.05. The molecule has 1 aliphatic rings. The van der Waals surface area contributed by atoms with Crippen LogP contribution in [0.15, 0.2) is 6.20 Å². The van der Waals surface area contributed by atoms with Gasteiger partial charge in [0.2, 0.25) is 5.69 Å². The zero-order valence-corrected chi connectivity index (χ0v) is 12.2. The van der Waals surface area contributed by atoms with Crippen LogP contribution in [0.5, 0.6) is 0 Å². The second kappa shape index (κ2) is 6.12. The summed E-state index contributed by atoms with van der Waals surface area (Å²) >= 11 is 0. The minimum absolute atomic E-state index is 0.0467. The standard InChI is InChI=1S/C13H18N4O5/c1-16-7-9(17(21)22)10(15-16)11(18)14-8-13(12(19)20)5-3-2-4-6-13/h7H,2-6,8H2,1H3,(H,14,18)(H,19,20). The highest BCUT2D eigenvalue weighted by Crippen LogP contribution is 2.36. The highest BCUT2D eigenvalue weighted by atomic mass is 16.6. The predicted molar refractivity (Wildman–Crippen MR) is 75.3 cm³/mol. The summed E-state index contributed by atoms with van der Waals surface area (Å²) < 4.78 is 1.18. The van der Waals surface area contributed by atoms with Crippen LogP contribution in [0.3, 0.4) is 0 Å². The van der Waals surface area contributed by atoms with Crippen molar-refractivity contribution in [2.75, 3.05) is 6.54 Å². The van der Waals surface area contributed by atoms with Gasteiger partial charge in [0.25, 0.3) is 5.91 Å². The zero-order valence-electron chi connectivity index (χ0n) is 12.2. The summed E-state index contributed by atoms with van der Waals surface area (Å²) in [4.78, 5) is 33.8. The lowest BCUT2D eigenvalue weighted by Crippen LogP contribution is -2.44. The SMILES string of the molecule is Cn1cc([N+](=O)[O-])c(C(=O)NCC2(C(=O)O)CCCCC2)n1. The first-order chi connectivity index (χ1) is 10.4. The number of nitrogens with zero attached hydrogens (tertiary/aromatic N) is 3. The Bertz CT molecular complexity index is 604. The molecule has 0 bridgehead atoms. The molecule has 0 saturated heterocycles. The van der Waals surface area contributed by atoms with E-state index in [-0.39, 0.29) is 12.2 Å². The maximum Gasteiger partial charge on any atom is 0.320 e. The van der Waals surface area contributed by atoms with Gasteiger partial charge in [0.15, 0.2) is 0 Å². The molecule has 9 heteroatoms. The van der Waals surface area contributed by atoms with Crippen molar-refractivity contribution in [3.63, 3.8) is 0 Å². The van der Waals surface area contributed by atoms with Crippen LogP contribution in [0.1, 0.15) is 42.6 Å². The summed E-state index contributed by atoms with van der Waals surface area (Å²) in [6, 6.07) is 0. The van der Waals surface area contributed by atoms with Crippen molar-refractivity contribution in [3.8, 4) is 0 Å². The molecule has 1 aromatic rings. The van der Waals surface area contributed by atoms with Crippen molar-refractivity contribution >= 4 is 17.6 Å². The lowest BCUT2D eigenvalue weighted by atomic mass is 9.74. The van der Waals surface area contributed by atoms with Crippen molar-refractivity contribution in [1.29, 1.82) is 0 Å². The number of aliphatic carboxylic acids is 1. The largest absolute Gasteiger partial charge is 0.481 e. The summed E-state index contributed by atoms with van der Waals surface area (Å²) in [6.07, 6.45) is 4.70. The van der Waals surface area contributed by atoms with Gasteiger partial charge in [0, 0.05) is 13.6 Å². The number of carboxylic acids is 1. The third-order valence-corrected chi connectivity index (χ3v) is 4.07. The molecule has 120 valence electrons. The van der Waals surface area contributed by atoms with Gasteiger partial charge in [-0.2, -0.15) is 5.10 Å². The molecule has 0 aliphatic heterocycles. The highest BCUT2D eigenvalue weighted by Gasteiger charge is 2.40. The average Bonchev–Trinajstić information content (AvgIpc) is 2.88. The number of carboxylic acid groups (broad SMARTS) is 1. The molecule has 1 fully saturated rings. The van der Waals surface area contributed by atoms with Crippen molar-refractivity contribution in [3.05, 3.63) is 22.0 Å². The van der Waals surface area contributed by atoms with Crippen LogP contribution < -0.4 is 5.32 Å². The van der Waals surface area contributed by atoms with Crippen LogP contribution in [-0.4, -0.2) is 38.2 Å². The Labute approximate surface area is 126 Å². The van der Waals surface area contributed by atoms with Gasteiger partial charge < -0.3 is 10.4 Å². The van der Waals surface area contributed by atoms with E-state index in [1.807, 2.05) is 0 Å². The lowest BCUT2D eigenvalue weighted by molar-refractivity contribution is -0.385.